The SMILES string of the molecule is Cc1cc(C(=O)/C=C/c2ccc(C(C)(C)C)cc2)ccc1OCC(N)=O. The van der Waals surface area contributed by atoms with Gasteiger partial charge in [-0.25, -0.2) is 0 Å². The summed E-state index contributed by atoms with van der Waals surface area (Å²) in [6.45, 7) is 8.14. The van der Waals surface area contributed by atoms with Crippen LogP contribution in [0.4, 0.5) is 0 Å². The lowest BCUT2D eigenvalue weighted by atomic mass is 9.87. The Morgan fingerprint density at radius 3 is 2.27 bits per heavy atom. The van der Waals surface area contributed by atoms with E-state index in [9.17, 15) is 9.59 Å². The first-order valence-corrected chi connectivity index (χ1v) is 8.51. The number of ketones is 1. The zero-order chi connectivity index (χ0) is 19.3. The first kappa shape index (κ1) is 19.4. The lowest BCUT2D eigenvalue weighted by Gasteiger charge is -2.18. The van der Waals surface area contributed by atoms with E-state index in [0.717, 1.165) is 11.1 Å². The molecular formula is C22H25NO3. The molecule has 0 radical (unpaired) electrons. The van der Waals surface area contributed by atoms with E-state index in [2.05, 4.69) is 32.9 Å². The van der Waals surface area contributed by atoms with E-state index < -0.39 is 5.91 Å². The summed E-state index contributed by atoms with van der Waals surface area (Å²) in [7, 11) is 0. The van der Waals surface area contributed by atoms with Crippen LogP contribution in [0, 0.1) is 6.92 Å². The molecule has 1 amide bonds. The summed E-state index contributed by atoms with van der Waals surface area (Å²) in [5, 5.41) is 0. The molecule has 0 unspecified atom stereocenters. The Morgan fingerprint density at radius 1 is 1.08 bits per heavy atom. The number of amides is 1. The van der Waals surface area contributed by atoms with Crippen LogP contribution in [0.5, 0.6) is 5.75 Å². The number of hydrogen-bond acceptors (Lipinski definition) is 3. The molecule has 2 aromatic carbocycles. The summed E-state index contributed by atoms with van der Waals surface area (Å²) in [6, 6.07) is 13.3. The average Bonchev–Trinajstić information content (AvgIpc) is 2.58. The molecule has 0 spiro atoms. The van der Waals surface area contributed by atoms with Crippen molar-refractivity contribution in [3.63, 3.8) is 0 Å². The van der Waals surface area contributed by atoms with Gasteiger partial charge >= 0.3 is 0 Å². The van der Waals surface area contributed by atoms with Gasteiger partial charge in [0.15, 0.2) is 12.4 Å². The highest BCUT2D eigenvalue weighted by Crippen LogP contribution is 2.23. The predicted octanol–water partition coefficient (Wildman–Crippen LogP) is 4.05. The number of carbonyl (C=O) groups excluding carboxylic acids is 2. The summed E-state index contributed by atoms with van der Waals surface area (Å²) in [5.74, 6) is -0.0819. The quantitative estimate of drug-likeness (QED) is 0.630. The van der Waals surface area contributed by atoms with Gasteiger partial charge in [-0.3, -0.25) is 9.59 Å². The molecule has 0 aliphatic rings. The summed E-state index contributed by atoms with van der Waals surface area (Å²) < 4.78 is 5.30. The van der Waals surface area contributed by atoms with Gasteiger partial charge in [0.2, 0.25) is 0 Å². The van der Waals surface area contributed by atoms with Crippen molar-refractivity contribution in [2.45, 2.75) is 33.1 Å². The molecule has 0 bridgehead atoms. The maximum atomic E-state index is 12.4. The third-order valence-corrected chi connectivity index (χ3v) is 4.03. The van der Waals surface area contributed by atoms with Crippen LogP contribution in [-0.4, -0.2) is 18.3 Å². The second kappa shape index (κ2) is 8.00. The maximum Gasteiger partial charge on any atom is 0.255 e. The Bertz CT molecular complexity index is 827. The van der Waals surface area contributed by atoms with Crippen molar-refractivity contribution in [1.29, 1.82) is 0 Å². The van der Waals surface area contributed by atoms with Gasteiger partial charge in [0.1, 0.15) is 5.75 Å². The van der Waals surface area contributed by atoms with E-state index in [-0.39, 0.29) is 17.8 Å². The van der Waals surface area contributed by atoms with Gasteiger partial charge < -0.3 is 10.5 Å². The van der Waals surface area contributed by atoms with Crippen molar-refractivity contribution in [1.82, 2.24) is 0 Å². The molecule has 26 heavy (non-hydrogen) atoms. The second-order valence-electron chi connectivity index (χ2n) is 7.30. The van der Waals surface area contributed by atoms with E-state index in [1.807, 2.05) is 25.1 Å². The normalized spacial score (nSPS) is 11.5. The van der Waals surface area contributed by atoms with Gasteiger partial charge in [-0.15, -0.1) is 0 Å². The molecule has 136 valence electrons. The van der Waals surface area contributed by atoms with Crippen LogP contribution in [0.1, 0.15) is 47.8 Å². The molecule has 0 heterocycles. The highest BCUT2D eigenvalue weighted by Gasteiger charge is 2.12. The van der Waals surface area contributed by atoms with Gasteiger partial charge in [-0.05, 0) is 53.3 Å². The second-order valence-corrected chi connectivity index (χ2v) is 7.30. The minimum Gasteiger partial charge on any atom is -0.484 e. The molecule has 2 N–H and O–H groups in total. The van der Waals surface area contributed by atoms with Gasteiger partial charge in [0, 0.05) is 5.56 Å². The van der Waals surface area contributed by atoms with Crippen LogP contribution in [0.15, 0.2) is 48.5 Å². The summed E-state index contributed by atoms with van der Waals surface area (Å²) >= 11 is 0. The minimum atomic E-state index is -0.537. The predicted molar refractivity (Wildman–Crippen MR) is 104 cm³/mol. The van der Waals surface area contributed by atoms with Crippen LogP contribution in [0.2, 0.25) is 0 Å². The van der Waals surface area contributed by atoms with E-state index in [4.69, 9.17) is 10.5 Å². The molecule has 0 atom stereocenters. The number of rotatable bonds is 6. The van der Waals surface area contributed by atoms with Crippen molar-refractivity contribution in [3.8, 4) is 5.75 Å². The Balaban J connectivity index is 2.08. The third-order valence-electron chi connectivity index (χ3n) is 4.03. The molecule has 0 saturated heterocycles. The van der Waals surface area contributed by atoms with Crippen molar-refractivity contribution < 1.29 is 14.3 Å². The highest BCUT2D eigenvalue weighted by atomic mass is 16.5. The largest absolute Gasteiger partial charge is 0.484 e. The smallest absolute Gasteiger partial charge is 0.255 e. The number of carbonyl (C=O) groups is 2. The number of allylic oxidation sites excluding steroid dienone is 1. The molecule has 0 aromatic heterocycles. The van der Waals surface area contributed by atoms with Gasteiger partial charge in [-0.2, -0.15) is 0 Å². The van der Waals surface area contributed by atoms with Gasteiger partial charge in [-0.1, -0.05) is 51.1 Å². The first-order valence-electron chi connectivity index (χ1n) is 8.51. The van der Waals surface area contributed by atoms with Gasteiger partial charge in [0.25, 0.3) is 5.91 Å². The Morgan fingerprint density at radius 2 is 1.73 bits per heavy atom. The number of primary amides is 1. The lowest BCUT2D eigenvalue weighted by Crippen LogP contribution is -2.20. The summed E-state index contributed by atoms with van der Waals surface area (Å²) in [4.78, 5) is 23.2. The van der Waals surface area contributed by atoms with Crippen LogP contribution in [-0.2, 0) is 10.2 Å². The van der Waals surface area contributed by atoms with Crippen LogP contribution >= 0.6 is 0 Å². The monoisotopic (exact) mass is 351 g/mol. The molecule has 2 aromatic rings. The number of aryl methyl sites for hydroxylation is 1. The molecule has 0 saturated carbocycles. The van der Waals surface area contributed by atoms with Crippen LogP contribution in [0.3, 0.4) is 0 Å². The van der Waals surface area contributed by atoms with Crippen molar-refractivity contribution in [3.05, 3.63) is 70.8 Å². The number of ether oxygens (including phenoxy) is 1. The Labute approximate surface area is 154 Å². The zero-order valence-corrected chi connectivity index (χ0v) is 15.7. The minimum absolute atomic E-state index is 0.0885. The van der Waals surface area contributed by atoms with Crippen molar-refractivity contribution in [2.75, 3.05) is 6.61 Å². The van der Waals surface area contributed by atoms with Crippen LogP contribution < -0.4 is 10.5 Å². The summed E-state index contributed by atoms with van der Waals surface area (Å²) in [5.41, 5.74) is 8.75. The van der Waals surface area contributed by atoms with Crippen molar-refractivity contribution in [2.24, 2.45) is 5.73 Å². The first-order chi connectivity index (χ1) is 12.2. The average molecular weight is 351 g/mol. The zero-order valence-electron chi connectivity index (χ0n) is 15.7. The summed E-state index contributed by atoms with van der Waals surface area (Å²) in [6.07, 6.45) is 3.37. The fraction of sp³-hybridized carbons (Fsp3) is 0.273. The fourth-order valence-corrected chi connectivity index (χ4v) is 2.48. The molecule has 2 rings (SSSR count). The van der Waals surface area contributed by atoms with E-state index in [1.54, 1.807) is 24.3 Å². The molecule has 0 aliphatic carbocycles. The van der Waals surface area contributed by atoms with E-state index in [1.165, 1.54) is 5.56 Å². The molecule has 0 aliphatic heterocycles. The highest BCUT2D eigenvalue weighted by molar-refractivity contribution is 6.07. The molecule has 0 fully saturated rings. The number of nitrogens with two attached hydrogens (primary N) is 1. The number of hydrogen-bond donors (Lipinski definition) is 1. The molecule has 4 nitrogen and oxygen atoms in total. The number of benzene rings is 2. The Hall–Kier alpha value is -2.88. The lowest BCUT2D eigenvalue weighted by molar-refractivity contribution is -0.119. The van der Waals surface area contributed by atoms with E-state index >= 15 is 0 Å². The van der Waals surface area contributed by atoms with Crippen LogP contribution in [0.25, 0.3) is 6.08 Å². The topological polar surface area (TPSA) is 69.4 Å². The Kier molecular flexibility index (Phi) is 5.98. The van der Waals surface area contributed by atoms with E-state index in [0.29, 0.717) is 11.3 Å². The van der Waals surface area contributed by atoms with Crippen molar-refractivity contribution >= 4 is 17.8 Å². The molecular weight excluding hydrogens is 326 g/mol. The third kappa shape index (κ3) is 5.31. The maximum absolute atomic E-state index is 12.4. The van der Waals surface area contributed by atoms with Gasteiger partial charge in [0.05, 0.1) is 0 Å². The molecule has 4 heteroatoms. The standard InChI is InChI=1S/C22H25NO3/c1-15-13-17(8-12-20(15)26-14-21(23)25)19(24)11-7-16-5-9-18(10-6-16)22(2,3)4/h5-13H,14H2,1-4H3,(H2,23,25)/b11-7+. The fourth-order valence-electron chi connectivity index (χ4n) is 2.48.